The summed E-state index contributed by atoms with van der Waals surface area (Å²) in [6.07, 6.45) is 3.54. The Morgan fingerprint density at radius 2 is 1.91 bits per heavy atom. The van der Waals surface area contributed by atoms with Crippen molar-refractivity contribution in [1.29, 1.82) is 5.26 Å². The molecule has 2 aromatic carbocycles. The van der Waals surface area contributed by atoms with E-state index in [0.717, 1.165) is 22.4 Å². The van der Waals surface area contributed by atoms with Crippen LogP contribution in [0.2, 0.25) is 5.02 Å². The van der Waals surface area contributed by atoms with Gasteiger partial charge in [0.05, 0.1) is 22.0 Å². The minimum atomic E-state index is -4.19. The van der Waals surface area contributed by atoms with Crippen LogP contribution in [0.5, 0.6) is 5.75 Å². The highest BCUT2D eigenvalue weighted by atomic mass is 35.5. The second-order valence-corrected chi connectivity index (χ2v) is 10.8. The molecule has 0 aliphatic heterocycles. The fourth-order valence-electron chi connectivity index (χ4n) is 3.55. The standard InChI is InChI=1S/C25H24ClN3O4S/c1-16-4-8-20(9-5-16)34(31,32)29-22-12-24(33-15-17-6-7-17)21(26)10-18(22)11-23(29)25(30)19(13-27)14-28(2)3/h4-5,8-12,14,17H,6-7,15H2,1-3H3. The van der Waals surface area contributed by atoms with Crippen LogP contribution in [-0.2, 0) is 10.0 Å². The molecule has 1 fully saturated rings. The summed E-state index contributed by atoms with van der Waals surface area (Å²) in [7, 11) is -0.840. The molecular formula is C25H24ClN3O4S. The Labute approximate surface area is 203 Å². The van der Waals surface area contributed by atoms with Gasteiger partial charge in [0.2, 0.25) is 5.78 Å². The van der Waals surface area contributed by atoms with Gasteiger partial charge >= 0.3 is 0 Å². The van der Waals surface area contributed by atoms with Crippen LogP contribution in [0.25, 0.3) is 10.9 Å². The molecule has 1 aliphatic carbocycles. The number of ketones is 1. The second kappa shape index (κ2) is 9.16. The van der Waals surface area contributed by atoms with Crippen LogP contribution in [0, 0.1) is 24.2 Å². The van der Waals surface area contributed by atoms with Gasteiger partial charge in [0.15, 0.2) is 0 Å². The average Bonchev–Trinajstić information content (AvgIpc) is 3.54. The summed E-state index contributed by atoms with van der Waals surface area (Å²) in [5, 5.41) is 10.3. The Kier molecular flexibility index (Phi) is 6.43. The maximum Gasteiger partial charge on any atom is 0.268 e. The van der Waals surface area contributed by atoms with Crippen molar-refractivity contribution in [2.24, 2.45) is 5.92 Å². The van der Waals surface area contributed by atoms with Gasteiger partial charge in [-0.3, -0.25) is 4.79 Å². The zero-order valence-corrected chi connectivity index (χ0v) is 20.7. The number of benzene rings is 2. The molecule has 0 unspecified atom stereocenters. The Balaban J connectivity index is 1.95. The molecule has 3 aromatic rings. The van der Waals surface area contributed by atoms with E-state index in [2.05, 4.69) is 0 Å². The smallest absolute Gasteiger partial charge is 0.268 e. The van der Waals surface area contributed by atoms with Crippen LogP contribution >= 0.6 is 11.6 Å². The number of nitrogens with zero attached hydrogens (tertiary/aromatic N) is 3. The first-order valence-corrected chi connectivity index (χ1v) is 12.6. The number of halogens is 1. The minimum Gasteiger partial charge on any atom is -0.492 e. The van der Waals surface area contributed by atoms with Crippen molar-refractivity contribution < 1.29 is 17.9 Å². The molecule has 1 aromatic heterocycles. The van der Waals surface area contributed by atoms with E-state index in [1.165, 1.54) is 24.4 Å². The summed E-state index contributed by atoms with van der Waals surface area (Å²) < 4.78 is 34.4. The minimum absolute atomic E-state index is 0.0233. The SMILES string of the molecule is Cc1ccc(S(=O)(=O)n2c(C(=O)C(C#N)=CN(C)C)cc3cc(Cl)c(OCC4CC4)cc32)cc1. The van der Waals surface area contributed by atoms with Crippen molar-refractivity contribution in [2.45, 2.75) is 24.7 Å². The molecule has 0 saturated heterocycles. The van der Waals surface area contributed by atoms with Crippen LogP contribution in [0.4, 0.5) is 0 Å². The van der Waals surface area contributed by atoms with E-state index in [1.807, 2.05) is 13.0 Å². The fourth-order valence-corrected chi connectivity index (χ4v) is 5.28. The van der Waals surface area contributed by atoms with Gasteiger partial charge in [-0.2, -0.15) is 5.26 Å². The molecule has 1 aliphatic rings. The van der Waals surface area contributed by atoms with Gasteiger partial charge in [-0.1, -0.05) is 29.3 Å². The van der Waals surface area contributed by atoms with Crippen LogP contribution < -0.4 is 4.74 Å². The molecule has 7 nitrogen and oxygen atoms in total. The summed E-state index contributed by atoms with van der Waals surface area (Å²) in [5.74, 6) is 0.115. The zero-order valence-electron chi connectivity index (χ0n) is 19.1. The van der Waals surface area contributed by atoms with E-state index < -0.39 is 15.8 Å². The fraction of sp³-hybridized carbons (Fsp3) is 0.280. The number of Topliss-reactive ketones (excluding diaryl/α,β-unsaturated/α-hetero) is 1. The molecule has 0 radical (unpaired) electrons. The van der Waals surface area contributed by atoms with Crippen LogP contribution in [-0.4, -0.2) is 43.8 Å². The van der Waals surface area contributed by atoms with Gasteiger partial charge < -0.3 is 9.64 Å². The molecule has 176 valence electrons. The molecule has 1 heterocycles. The van der Waals surface area contributed by atoms with Gasteiger partial charge in [0.1, 0.15) is 23.1 Å². The van der Waals surface area contributed by atoms with Crippen LogP contribution in [0.15, 0.2) is 59.1 Å². The number of hydrogen-bond acceptors (Lipinski definition) is 6. The number of nitriles is 1. The van der Waals surface area contributed by atoms with Gasteiger partial charge in [-0.05, 0) is 49.9 Å². The first-order chi connectivity index (χ1) is 16.1. The maximum absolute atomic E-state index is 13.8. The van der Waals surface area contributed by atoms with Crippen molar-refractivity contribution in [3.8, 4) is 11.8 Å². The van der Waals surface area contributed by atoms with E-state index in [1.54, 1.807) is 43.3 Å². The summed E-state index contributed by atoms with van der Waals surface area (Å²) >= 11 is 6.42. The summed E-state index contributed by atoms with van der Waals surface area (Å²) in [4.78, 5) is 14.9. The summed E-state index contributed by atoms with van der Waals surface area (Å²) in [5.41, 5.74) is 0.808. The number of allylic oxidation sites excluding steroid dienone is 1. The average molecular weight is 498 g/mol. The molecule has 4 rings (SSSR count). The third kappa shape index (κ3) is 4.67. The molecule has 0 atom stereocenters. The molecule has 1 saturated carbocycles. The number of rotatable bonds is 8. The number of hydrogen-bond donors (Lipinski definition) is 0. The Hall–Kier alpha value is -3.28. The topological polar surface area (TPSA) is 92.4 Å². The monoisotopic (exact) mass is 497 g/mol. The summed E-state index contributed by atoms with van der Waals surface area (Å²) in [6.45, 7) is 2.35. The normalized spacial score (nSPS) is 14.1. The number of carbonyl (C=O) groups excluding carboxylic acids is 1. The Bertz CT molecular complexity index is 1440. The maximum atomic E-state index is 13.8. The highest BCUT2D eigenvalue weighted by Crippen LogP contribution is 2.36. The van der Waals surface area contributed by atoms with Crippen molar-refractivity contribution >= 4 is 38.3 Å². The lowest BCUT2D eigenvalue weighted by Crippen LogP contribution is -2.20. The van der Waals surface area contributed by atoms with E-state index in [4.69, 9.17) is 16.3 Å². The number of aromatic nitrogens is 1. The van der Waals surface area contributed by atoms with Gasteiger partial charge in [-0.25, -0.2) is 12.4 Å². The predicted octanol–water partition coefficient (Wildman–Crippen LogP) is 4.78. The Morgan fingerprint density at radius 1 is 1.24 bits per heavy atom. The second-order valence-electron chi connectivity index (χ2n) is 8.66. The van der Waals surface area contributed by atoms with Crippen molar-refractivity contribution in [3.63, 3.8) is 0 Å². The highest BCUT2D eigenvalue weighted by Gasteiger charge is 2.29. The van der Waals surface area contributed by atoms with Crippen LogP contribution in [0.1, 0.15) is 28.9 Å². The highest BCUT2D eigenvalue weighted by molar-refractivity contribution is 7.90. The summed E-state index contributed by atoms with van der Waals surface area (Å²) in [6, 6.07) is 12.8. The lowest BCUT2D eigenvalue weighted by atomic mass is 10.1. The molecule has 34 heavy (non-hydrogen) atoms. The Morgan fingerprint density at radius 3 is 2.50 bits per heavy atom. The third-order valence-corrected chi connectivity index (χ3v) is 7.56. The molecule has 9 heteroatoms. The van der Waals surface area contributed by atoms with E-state index >= 15 is 0 Å². The number of fused-ring (bicyclic) bond motifs is 1. The first kappa shape index (κ1) is 23.9. The molecule has 0 N–H and O–H groups in total. The van der Waals surface area contributed by atoms with E-state index in [-0.39, 0.29) is 21.7 Å². The predicted molar refractivity (Wildman–Crippen MR) is 131 cm³/mol. The van der Waals surface area contributed by atoms with Crippen molar-refractivity contribution in [3.05, 3.63) is 70.5 Å². The van der Waals surface area contributed by atoms with Gasteiger partial charge in [-0.15, -0.1) is 0 Å². The lowest BCUT2D eigenvalue weighted by Gasteiger charge is -2.13. The largest absolute Gasteiger partial charge is 0.492 e. The first-order valence-electron chi connectivity index (χ1n) is 10.7. The molecule has 0 spiro atoms. The van der Waals surface area contributed by atoms with E-state index in [0.29, 0.717) is 28.7 Å². The number of carbonyl (C=O) groups is 1. The number of ether oxygens (including phenoxy) is 1. The zero-order chi connectivity index (χ0) is 24.6. The molecule has 0 bridgehead atoms. The molecule has 0 amide bonds. The third-order valence-electron chi connectivity index (χ3n) is 5.53. The van der Waals surface area contributed by atoms with Crippen molar-refractivity contribution in [2.75, 3.05) is 20.7 Å². The van der Waals surface area contributed by atoms with Crippen LogP contribution in [0.3, 0.4) is 0 Å². The van der Waals surface area contributed by atoms with Crippen molar-refractivity contribution in [1.82, 2.24) is 8.87 Å². The molecular weight excluding hydrogens is 474 g/mol. The quantitative estimate of drug-likeness (QED) is 0.252. The number of aryl methyl sites for hydroxylation is 1. The van der Waals surface area contributed by atoms with Gasteiger partial charge in [0.25, 0.3) is 10.0 Å². The van der Waals surface area contributed by atoms with Gasteiger partial charge in [0, 0.05) is 31.7 Å². The lowest BCUT2D eigenvalue weighted by molar-refractivity contribution is 0.103. The van der Waals surface area contributed by atoms with E-state index in [9.17, 15) is 18.5 Å².